The molecule has 0 fully saturated rings. The first-order valence-electron chi connectivity index (χ1n) is 17.4. The molecule has 0 aliphatic heterocycles. The molecule has 0 spiro atoms. The van der Waals surface area contributed by atoms with Gasteiger partial charge in [-0.1, -0.05) is 127 Å². The summed E-state index contributed by atoms with van der Waals surface area (Å²) in [5, 5.41) is 5.16. The molecule has 0 unspecified atom stereocenters. The zero-order valence-electron chi connectivity index (χ0n) is 27.8. The van der Waals surface area contributed by atoms with Gasteiger partial charge in [-0.2, -0.15) is 0 Å². The van der Waals surface area contributed by atoms with Gasteiger partial charge in [0.05, 0.1) is 11.0 Å². The van der Waals surface area contributed by atoms with Crippen molar-refractivity contribution in [1.82, 2.24) is 4.57 Å². The van der Waals surface area contributed by atoms with Crippen LogP contribution in [0.4, 0.5) is 17.1 Å². The molecule has 0 atom stereocenters. The molecule has 0 aliphatic carbocycles. The molecule has 0 aliphatic rings. The number of benzene rings is 8. The summed E-state index contributed by atoms with van der Waals surface area (Å²) in [4.78, 5) is 2.36. The monoisotopic (exact) mass is 668 g/mol. The van der Waals surface area contributed by atoms with E-state index in [1.807, 2.05) is 11.3 Å². The minimum Gasteiger partial charge on any atom is -0.310 e. The summed E-state index contributed by atoms with van der Waals surface area (Å²) in [6.07, 6.45) is 0. The first kappa shape index (κ1) is 29.5. The first-order chi connectivity index (χ1) is 25.3. The van der Waals surface area contributed by atoms with Crippen LogP contribution in [0.15, 0.2) is 194 Å². The van der Waals surface area contributed by atoms with Gasteiger partial charge in [0, 0.05) is 53.7 Å². The molecule has 3 heteroatoms. The third kappa shape index (κ3) is 5.01. The molecule has 0 radical (unpaired) electrons. The van der Waals surface area contributed by atoms with Gasteiger partial charge in [0.1, 0.15) is 0 Å². The third-order valence-corrected chi connectivity index (χ3v) is 11.2. The Morgan fingerprint density at radius 2 is 1.00 bits per heavy atom. The number of hydrogen-bond acceptors (Lipinski definition) is 2. The highest BCUT2D eigenvalue weighted by Crippen LogP contribution is 2.43. The van der Waals surface area contributed by atoms with Crippen LogP contribution in [0.5, 0.6) is 0 Å². The summed E-state index contributed by atoms with van der Waals surface area (Å²) in [7, 11) is 0. The minimum atomic E-state index is 1.11. The van der Waals surface area contributed by atoms with Crippen LogP contribution in [0.25, 0.3) is 69.9 Å². The lowest BCUT2D eigenvalue weighted by Crippen LogP contribution is -2.09. The average molecular weight is 669 g/mol. The van der Waals surface area contributed by atoms with E-state index in [2.05, 4.69) is 204 Å². The second-order valence-electron chi connectivity index (χ2n) is 13.0. The number of anilines is 3. The van der Waals surface area contributed by atoms with Crippen molar-refractivity contribution in [3.63, 3.8) is 0 Å². The van der Waals surface area contributed by atoms with Gasteiger partial charge < -0.3 is 9.47 Å². The fourth-order valence-corrected chi connectivity index (χ4v) is 8.86. The van der Waals surface area contributed by atoms with Crippen LogP contribution in [-0.2, 0) is 0 Å². The molecule has 0 amide bonds. The highest BCUT2D eigenvalue weighted by atomic mass is 32.1. The molecule has 0 saturated heterocycles. The number of para-hydroxylation sites is 3. The normalized spacial score (nSPS) is 11.5. The van der Waals surface area contributed by atoms with E-state index in [4.69, 9.17) is 0 Å². The SMILES string of the molecule is c1ccc(N(c2ccc(-c3ccc4c5ccccc5n(-c5ccccc5)c4c3)cc2)c2cccc(-c3cccc4c3sc3ccccc34)c2)cc1. The highest BCUT2D eigenvalue weighted by molar-refractivity contribution is 7.26. The van der Waals surface area contributed by atoms with Gasteiger partial charge in [-0.25, -0.2) is 0 Å². The van der Waals surface area contributed by atoms with Crippen molar-refractivity contribution in [2.45, 2.75) is 0 Å². The van der Waals surface area contributed by atoms with E-state index in [0.29, 0.717) is 0 Å². The molecule has 2 nitrogen and oxygen atoms in total. The zero-order valence-corrected chi connectivity index (χ0v) is 28.6. The Labute approximate surface area is 300 Å². The van der Waals surface area contributed by atoms with Crippen molar-refractivity contribution in [2.75, 3.05) is 4.90 Å². The lowest BCUT2D eigenvalue weighted by Gasteiger charge is -2.26. The number of hydrogen-bond donors (Lipinski definition) is 0. The molecule has 0 N–H and O–H groups in total. The fourth-order valence-electron chi connectivity index (χ4n) is 7.62. The Kier molecular flexibility index (Phi) is 7.04. The van der Waals surface area contributed by atoms with Crippen molar-refractivity contribution in [3.8, 4) is 27.9 Å². The molecule has 8 aromatic carbocycles. The molecule has 10 rings (SSSR count). The van der Waals surface area contributed by atoms with Crippen LogP contribution in [-0.4, -0.2) is 4.57 Å². The second kappa shape index (κ2) is 12.2. The molecule has 2 aromatic heterocycles. The highest BCUT2D eigenvalue weighted by Gasteiger charge is 2.17. The van der Waals surface area contributed by atoms with Crippen molar-refractivity contribution in [2.24, 2.45) is 0 Å². The van der Waals surface area contributed by atoms with Gasteiger partial charge in [0.15, 0.2) is 0 Å². The molecule has 10 aromatic rings. The van der Waals surface area contributed by atoms with E-state index < -0.39 is 0 Å². The van der Waals surface area contributed by atoms with Gasteiger partial charge in [-0.05, 0) is 89.0 Å². The Balaban J connectivity index is 1.07. The van der Waals surface area contributed by atoms with Crippen LogP contribution >= 0.6 is 11.3 Å². The van der Waals surface area contributed by atoms with Gasteiger partial charge in [-0.3, -0.25) is 0 Å². The first-order valence-corrected chi connectivity index (χ1v) is 18.2. The van der Waals surface area contributed by atoms with Gasteiger partial charge in [0.25, 0.3) is 0 Å². The maximum Gasteiger partial charge on any atom is 0.0547 e. The topological polar surface area (TPSA) is 8.17 Å². The van der Waals surface area contributed by atoms with Crippen LogP contribution < -0.4 is 4.90 Å². The number of thiophene rings is 1. The average Bonchev–Trinajstić information content (AvgIpc) is 3.75. The fraction of sp³-hybridized carbons (Fsp3) is 0. The molecular weight excluding hydrogens is 637 g/mol. The zero-order chi connectivity index (χ0) is 33.7. The van der Waals surface area contributed by atoms with Crippen molar-refractivity contribution >= 4 is 70.4 Å². The molecule has 2 heterocycles. The van der Waals surface area contributed by atoms with E-state index in [0.717, 1.165) is 17.1 Å². The van der Waals surface area contributed by atoms with Crippen LogP contribution in [0.3, 0.4) is 0 Å². The van der Waals surface area contributed by atoms with Crippen LogP contribution in [0, 0.1) is 0 Å². The van der Waals surface area contributed by atoms with E-state index in [-0.39, 0.29) is 0 Å². The largest absolute Gasteiger partial charge is 0.310 e. The van der Waals surface area contributed by atoms with E-state index >= 15 is 0 Å². The van der Waals surface area contributed by atoms with Crippen molar-refractivity contribution in [3.05, 3.63) is 194 Å². The number of aromatic nitrogens is 1. The van der Waals surface area contributed by atoms with Crippen molar-refractivity contribution < 1.29 is 0 Å². The van der Waals surface area contributed by atoms with Crippen molar-refractivity contribution in [1.29, 1.82) is 0 Å². The molecule has 51 heavy (non-hydrogen) atoms. The lowest BCUT2D eigenvalue weighted by molar-refractivity contribution is 1.18. The maximum atomic E-state index is 2.38. The third-order valence-electron chi connectivity index (χ3n) is 9.98. The van der Waals surface area contributed by atoms with E-state index in [1.54, 1.807) is 0 Å². The summed E-state index contributed by atoms with van der Waals surface area (Å²) in [5.74, 6) is 0. The molecule has 0 saturated carbocycles. The summed E-state index contributed by atoms with van der Waals surface area (Å²) < 4.78 is 5.03. The Bertz CT molecular complexity index is 2850. The van der Waals surface area contributed by atoms with Crippen LogP contribution in [0.1, 0.15) is 0 Å². The summed E-state index contributed by atoms with van der Waals surface area (Å²) >= 11 is 1.88. The molecule has 0 bridgehead atoms. The summed E-state index contributed by atoms with van der Waals surface area (Å²) in [6, 6.07) is 70.3. The number of nitrogens with zero attached hydrogens (tertiary/aromatic N) is 2. The van der Waals surface area contributed by atoms with Gasteiger partial charge in [0.2, 0.25) is 0 Å². The summed E-state index contributed by atoms with van der Waals surface area (Å²) in [6.45, 7) is 0. The summed E-state index contributed by atoms with van der Waals surface area (Å²) in [5.41, 5.74) is 11.8. The predicted molar refractivity (Wildman–Crippen MR) is 219 cm³/mol. The maximum absolute atomic E-state index is 2.38. The molecular formula is C48H32N2S. The van der Waals surface area contributed by atoms with Gasteiger partial charge >= 0.3 is 0 Å². The van der Waals surface area contributed by atoms with Crippen LogP contribution in [0.2, 0.25) is 0 Å². The predicted octanol–water partition coefficient (Wildman–Crippen LogP) is 14.0. The Morgan fingerprint density at radius 1 is 0.373 bits per heavy atom. The van der Waals surface area contributed by atoms with E-state index in [1.165, 1.54) is 69.9 Å². The standard InChI is InChI=1S/C48H32N2S/c1-3-14-36(15-4-1)49(39-18-11-13-35(31-39)40-21-12-22-44-43-20-8-10-24-47(43)51-48(40)44)38-28-25-33(26-29-38)34-27-30-42-41-19-7-9-23-45(41)50(46(42)32-34)37-16-5-2-6-17-37/h1-32H. The minimum absolute atomic E-state index is 1.11. The smallest absolute Gasteiger partial charge is 0.0547 e. The van der Waals surface area contributed by atoms with Gasteiger partial charge in [-0.15, -0.1) is 11.3 Å². The number of rotatable bonds is 6. The second-order valence-corrected chi connectivity index (χ2v) is 14.0. The molecule has 240 valence electrons. The number of fused-ring (bicyclic) bond motifs is 6. The Morgan fingerprint density at radius 3 is 1.84 bits per heavy atom. The van der Waals surface area contributed by atoms with E-state index in [9.17, 15) is 0 Å². The quantitative estimate of drug-likeness (QED) is 0.171. The lowest BCUT2D eigenvalue weighted by atomic mass is 10.0. The Hall–Kier alpha value is -6.42.